The topological polar surface area (TPSA) is 92.3 Å². The molecule has 34 heavy (non-hydrogen) atoms. The number of nitrogens with zero attached hydrogens (tertiary/aromatic N) is 1. The molecule has 6 nitrogen and oxygen atoms in total. The van der Waals surface area contributed by atoms with E-state index in [1.807, 2.05) is 24.3 Å². The molecule has 1 atom stereocenters. The van der Waals surface area contributed by atoms with Crippen LogP contribution in [0.2, 0.25) is 0 Å². The number of amides is 1. The van der Waals surface area contributed by atoms with Gasteiger partial charge in [0.25, 0.3) is 5.91 Å². The second-order valence-corrected chi connectivity index (χ2v) is 8.37. The summed E-state index contributed by atoms with van der Waals surface area (Å²) in [6.07, 6.45) is 3.86. The fourth-order valence-corrected chi connectivity index (χ4v) is 4.33. The quantitative estimate of drug-likeness (QED) is 0.433. The Morgan fingerprint density at radius 1 is 1.06 bits per heavy atom. The highest BCUT2D eigenvalue weighted by atomic mass is 16.5. The van der Waals surface area contributed by atoms with Crippen LogP contribution in [0.15, 0.2) is 82.0 Å². The lowest BCUT2D eigenvalue weighted by atomic mass is 10.0. The van der Waals surface area contributed by atoms with E-state index in [2.05, 4.69) is 29.6 Å². The van der Waals surface area contributed by atoms with Gasteiger partial charge in [-0.25, -0.2) is 0 Å². The van der Waals surface area contributed by atoms with Crippen LogP contribution in [0.3, 0.4) is 0 Å². The molecule has 0 saturated heterocycles. The summed E-state index contributed by atoms with van der Waals surface area (Å²) in [6, 6.07) is 23.7. The van der Waals surface area contributed by atoms with E-state index in [0.717, 1.165) is 43.1 Å². The van der Waals surface area contributed by atoms with Gasteiger partial charge >= 0.3 is 0 Å². The number of nitrogens with one attached hydrogen (secondary N) is 1. The lowest BCUT2D eigenvalue weighted by molar-refractivity contribution is 0.102. The number of hydrogen-bond acceptors (Lipinski definition) is 5. The Hall–Kier alpha value is -4.37. The maximum Gasteiger partial charge on any atom is 0.255 e. The molecule has 1 amide bonds. The molecule has 2 heterocycles. The summed E-state index contributed by atoms with van der Waals surface area (Å²) >= 11 is 0. The van der Waals surface area contributed by atoms with Gasteiger partial charge in [0.2, 0.25) is 5.76 Å². The summed E-state index contributed by atoms with van der Waals surface area (Å²) in [5.41, 5.74) is 3.01. The highest BCUT2D eigenvalue weighted by Crippen LogP contribution is 2.32. The molecule has 1 aliphatic rings. The van der Waals surface area contributed by atoms with Gasteiger partial charge < -0.3 is 14.5 Å². The van der Waals surface area contributed by atoms with Crippen LogP contribution in [0.5, 0.6) is 5.75 Å². The van der Waals surface area contributed by atoms with Crippen molar-refractivity contribution in [3.05, 3.63) is 105 Å². The highest BCUT2D eigenvalue weighted by Gasteiger charge is 2.24. The molecule has 0 spiro atoms. The SMILES string of the molecule is N#Cc1cc(=O)c2cccc(NC(=O)c3ccc4c(c3)CC(CCCc3ccccc3)O4)c2o1. The Labute approximate surface area is 196 Å². The fourth-order valence-electron chi connectivity index (χ4n) is 4.33. The smallest absolute Gasteiger partial charge is 0.255 e. The van der Waals surface area contributed by atoms with Crippen molar-refractivity contribution in [3.8, 4) is 11.8 Å². The Kier molecular flexibility index (Phi) is 5.84. The molecular weight excluding hydrogens is 428 g/mol. The molecule has 1 aromatic heterocycles. The molecule has 3 aromatic carbocycles. The van der Waals surface area contributed by atoms with Crippen molar-refractivity contribution in [1.82, 2.24) is 0 Å². The van der Waals surface area contributed by atoms with Gasteiger partial charge in [-0.3, -0.25) is 9.59 Å². The van der Waals surface area contributed by atoms with Crippen molar-refractivity contribution in [3.63, 3.8) is 0 Å². The standard InChI is InChI=1S/C28H22N2O4/c29-17-22-16-25(31)23-10-5-11-24(27(23)34-22)30-28(32)19-12-13-26-20(14-19)15-21(33-26)9-4-8-18-6-2-1-3-7-18/h1-3,5-7,10-14,16,21H,4,8-9,15H2,(H,30,32). The number of nitriles is 1. The summed E-state index contributed by atoms with van der Waals surface area (Å²) in [5.74, 6) is 0.385. The first-order valence-electron chi connectivity index (χ1n) is 11.2. The number of carbonyl (C=O) groups is 1. The Morgan fingerprint density at radius 2 is 1.91 bits per heavy atom. The molecule has 0 radical (unpaired) electrons. The molecule has 0 aliphatic carbocycles. The van der Waals surface area contributed by atoms with Gasteiger partial charge in [-0.15, -0.1) is 0 Å². The number of hydrogen-bond donors (Lipinski definition) is 1. The third kappa shape index (κ3) is 4.41. The monoisotopic (exact) mass is 450 g/mol. The summed E-state index contributed by atoms with van der Waals surface area (Å²) in [7, 11) is 0. The molecule has 0 saturated carbocycles. The third-order valence-corrected chi connectivity index (χ3v) is 6.01. The van der Waals surface area contributed by atoms with Gasteiger partial charge in [-0.1, -0.05) is 36.4 Å². The van der Waals surface area contributed by atoms with E-state index in [9.17, 15) is 9.59 Å². The molecule has 6 heteroatoms. The lowest BCUT2D eigenvalue weighted by Gasteiger charge is -2.10. The molecule has 0 fully saturated rings. The number of carbonyl (C=O) groups excluding carboxylic acids is 1. The average Bonchev–Trinajstić information content (AvgIpc) is 3.27. The van der Waals surface area contributed by atoms with E-state index in [4.69, 9.17) is 14.4 Å². The van der Waals surface area contributed by atoms with Gasteiger partial charge in [0, 0.05) is 18.1 Å². The number of fused-ring (bicyclic) bond motifs is 2. The molecule has 1 N–H and O–H groups in total. The van der Waals surface area contributed by atoms with Crippen molar-refractivity contribution in [2.75, 3.05) is 5.32 Å². The van der Waals surface area contributed by atoms with Crippen LogP contribution in [-0.2, 0) is 12.8 Å². The second-order valence-electron chi connectivity index (χ2n) is 8.37. The first kappa shape index (κ1) is 21.5. The minimum absolute atomic E-state index is 0.104. The molecule has 4 aromatic rings. The van der Waals surface area contributed by atoms with Crippen molar-refractivity contribution in [2.45, 2.75) is 31.8 Å². The van der Waals surface area contributed by atoms with Crippen LogP contribution in [0.4, 0.5) is 5.69 Å². The molecule has 1 aliphatic heterocycles. The van der Waals surface area contributed by atoms with Gasteiger partial charge in [0.05, 0.1) is 11.1 Å². The van der Waals surface area contributed by atoms with E-state index in [1.165, 1.54) is 5.56 Å². The van der Waals surface area contributed by atoms with Gasteiger partial charge in [0.1, 0.15) is 17.9 Å². The van der Waals surface area contributed by atoms with Crippen LogP contribution >= 0.6 is 0 Å². The zero-order valence-electron chi connectivity index (χ0n) is 18.4. The zero-order valence-corrected chi connectivity index (χ0v) is 18.4. The fraction of sp³-hybridized carbons (Fsp3) is 0.179. The maximum absolute atomic E-state index is 13.0. The first-order chi connectivity index (χ1) is 16.6. The molecule has 1 unspecified atom stereocenters. The third-order valence-electron chi connectivity index (χ3n) is 6.01. The first-order valence-corrected chi connectivity index (χ1v) is 11.2. The van der Waals surface area contributed by atoms with Gasteiger partial charge in [0.15, 0.2) is 11.0 Å². The summed E-state index contributed by atoms with van der Waals surface area (Å²) in [6.45, 7) is 0. The van der Waals surface area contributed by atoms with Crippen molar-refractivity contribution < 1.29 is 13.9 Å². The summed E-state index contributed by atoms with van der Waals surface area (Å²) in [4.78, 5) is 25.2. The van der Waals surface area contributed by atoms with E-state index >= 15 is 0 Å². The van der Waals surface area contributed by atoms with E-state index < -0.39 is 0 Å². The molecule has 5 rings (SSSR count). The van der Waals surface area contributed by atoms with E-state index in [1.54, 1.807) is 24.3 Å². The van der Waals surface area contributed by atoms with Crippen LogP contribution in [0.1, 0.15) is 40.1 Å². The number of anilines is 1. The summed E-state index contributed by atoms with van der Waals surface area (Å²) in [5, 5.41) is 12.2. The van der Waals surface area contributed by atoms with Crippen LogP contribution in [0, 0.1) is 11.3 Å². The highest BCUT2D eigenvalue weighted by molar-refractivity contribution is 6.08. The minimum Gasteiger partial charge on any atom is -0.490 e. The second kappa shape index (κ2) is 9.24. The Morgan fingerprint density at radius 3 is 2.74 bits per heavy atom. The molecule has 0 bridgehead atoms. The van der Waals surface area contributed by atoms with Crippen molar-refractivity contribution in [1.29, 1.82) is 5.26 Å². The van der Waals surface area contributed by atoms with Crippen molar-refractivity contribution >= 4 is 22.6 Å². The molecular formula is C28H22N2O4. The van der Waals surface area contributed by atoms with E-state index in [0.29, 0.717) is 16.6 Å². The Bertz CT molecular complexity index is 1470. The number of para-hydroxylation sites is 1. The number of rotatable bonds is 6. The van der Waals surface area contributed by atoms with E-state index in [-0.39, 0.29) is 28.8 Å². The van der Waals surface area contributed by atoms with Crippen molar-refractivity contribution in [2.24, 2.45) is 0 Å². The normalized spacial score (nSPS) is 14.3. The Balaban J connectivity index is 1.28. The van der Waals surface area contributed by atoms with Crippen LogP contribution < -0.4 is 15.5 Å². The lowest BCUT2D eigenvalue weighted by Crippen LogP contribution is -2.13. The number of benzene rings is 3. The zero-order chi connectivity index (χ0) is 23.5. The number of ether oxygens (including phenoxy) is 1. The minimum atomic E-state index is -0.332. The molecule has 168 valence electrons. The number of aryl methyl sites for hydroxylation is 1. The predicted molar refractivity (Wildman–Crippen MR) is 129 cm³/mol. The van der Waals surface area contributed by atoms with Gasteiger partial charge in [-0.05, 0) is 60.7 Å². The largest absolute Gasteiger partial charge is 0.490 e. The van der Waals surface area contributed by atoms with Gasteiger partial charge in [-0.2, -0.15) is 5.26 Å². The average molecular weight is 450 g/mol. The van der Waals surface area contributed by atoms with Crippen LogP contribution in [-0.4, -0.2) is 12.0 Å². The predicted octanol–water partition coefficient (Wildman–Crippen LogP) is 5.24. The van der Waals surface area contributed by atoms with Crippen LogP contribution in [0.25, 0.3) is 11.0 Å². The maximum atomic E-state index is 13.0. The summed E-state index contributed by atoms with van der Waals surface area (Å²) < 4.78 is 11.6.